The minimum absolute atomic E-state index is 0.122. The van der Waals surface area contributed by atoms with Gasteiger partial charge in [-0.1, -0.05) is 24.3 Å². The van der Waals surface area contributed by atoms with Crippen molar-refractivity contribution >= 4 is 38.9 Å². The smallest absolute Gasteiger partial charge is 0.307 e. The first-order valence-corrected chi connectivity index (χ1v) is 11.7. The van der Waals surface area contributed by atoms with Crippen LogP contribution in [-0.4, -0.2) is 43.2 Å². The van der Waals surface area contributed by atoms with Crippen molar-refractivity contribution < 1.29 is 22.7 Å². The van der Waals surface area contributed by atoms with E-state index in [-0.39, 0.29) is 17.2 Å². The number of benzene rings is 1. The minimum atomic E-state index is -3.64. The number of carbonyl (C=O) groups is 2. The molecule has 164 valence electrons. The van der Waals surface area contributed by atoms with Crippen LogP contribution in [0.25, 0.3) is 5.69 Å². The number of sulfonamides is 1. The van der Waals surface area contributed by atoms with E-state index in [9.17, 15) is 18.0 Å². The fourth-order valence-corrected chi connectivity index (χ4v) is 4.88. The molecule has 2 heterocycles. The highest BCUT2D eigenvalue weighted by molar-refractivity contribution is 7.91. The monoisotopic (exact) mass is 462 g/mol. The van der Waals surface area contributed by atoms with Crippen LogP contribution in [0, 0.1) is 13.8 Å². The second-order valence-electron chi connectivity index (χ2n) is 6.58. The maximum Gasteiger partial charge on any atom is 0.307 e. The zero-order chi connectivity index (χ0) is 22.4. The van der Waals surface area contributed by atoms with Crippen LogP contribution in [0.3, 0.4) is 0 Å². The van der Waals surface area contributed by atoms with E-state index in [4.69, 9.17) is 4.74 Å². The van der Waals surface area contributed by atoms with Crippen LogP contribution < -0.4 is 10.0 Å². The van der Waals surface area contributed by atoms with E-state index in [0.29, 0.717) is 11.4 Å². The molecule has 0 aliphatic rings. The zero-order valence-electron chi connectivity index (χ0n) is 17.0. The van der Waals surface area contributed by atoms with Crippen LogP contribution in [0.1, 0.15) is 17.8 Å². The van der Waals surface area contributed by atoms with E-state index in [1.807, 2.05) is 37.3 Å². The van der Waals surface area contributed by atoms with Crippen LogP contribution in [-0.2, 0) is 24.3 Å². The third kappa shape index (κ3) is 5.78. The number of anilines is 1. The molecule has 0 aliphatic carbocycles. The first-order chi connectivity index (χ1) is 14.8. The number of hydrogen-bond acceptors (Lipinski definition) is 7. The molecule has 0 aliphatic heterocycles. The topological polar surface area (TPSA) is 119 Å². The number of esters is 1. The first kappa shape index (κ1) is 22.7. The van der Waals surface area contributed by atoms with E-state index in [2.05, 4.69) is 15.1 Å². The SMILES string of the molecule is Cc1nn(-c2ccccc2)c(C)c1NC(=O)COC(=O)CCNS(=O)(=O)c1cccs1. The average Bonchev–Trinajstić information content (AvgIpc) is 3.38. The summed E-state index contributed by atoms with van der Waals surface area (Å²) in [6, 6.07) is 12.6. The lowest BCUT2D eigenvalue weighted by molar-refractivity contribution is -0.147. The van der Waals surface area contributed by atoms with Gasteiger partial charge in [-0.3, -0.25) is 9.59 Å². The Balaban J connectivity index is 1.48. The Morgan fingerprint density at radius 3 is 2.55 bits per heavy atom. The van der Waals surface area contributed by atoms with Crippen LogP contribution in [0.2, 0.25) is 0 Å². The number of nitrogens with one attached hydrogen (secondary N) is 2. The van der Waals surface area contributed by atoms with Crippen molar-refractivity contribution in [2.24, 2.45) is 0 Å². The molecule has 0 bridgehead atoms. The number of amides is 1. The van der Waals surface area contributed by atoms with Crippen LogP contribution in [0.15, 0.2) is 52.1 Å². The molecule has 0 unspecified atom stereocenters. The van der Waals surface area contributed by atoms with Crippen LogP contribution in [0.4, 0.5) is 5.69 Å². The quantitative estimate of drug-likeness (QED) is 0.471. The second-order valence-corrected chi connectivity index (χ2v) is 9.52. The van der Waals surface area contributed by atoms with Crippen molar-refractivity contribution in [1.29, 1.82) is 0 Å². The molecule has 9 nitrogen and oxygen atoms in total. The highest BCUT2D eigenvalue weighted by Gasteiger charge is 2.18. The summed E-state index contributed by atoms with van der Waals surface area (Å²) in [7, 11) is -3.64. The summed E-state index contributed by atoms with van der Waals surface area (Å²) in [5.74, 6) is -1.19. The molecule has 3 rings (SSSR count). The molecule has 0 saturated heterocycles. The van der Waals surface area contributed by atoms with Gasteiger partial charge in [0.1, 0.15) is 4.21 Å². The second kappa shape index (κ2) is 9.86. The summed E-state index contributed by atoms with van der Waals surface area (Å²) in [5.41, 5.74) is 2.78. The number of rotatable bonds is 9. The molecular weight excluding hydrogens is 440 g/mol. The minimum Gasteiger partial charge on any atom is -0.456 e. The van der Waals surface area contributed by atoms with Gasteiger partial charge in [-0.15, -0.1) is 11.3 Å². The fraction of sp³-hybridized carbons (Fsp3) is 0.250. The lowest BCUT2D eigenvalue weighted by atomic mass is 10.3. The summed E-state index contributed by atoms with van der Waals surface area (Å²) < 4.78 is 33.1. The number of aromatic nitrogens is 2. The van der Waals surface area contributed by atoms with Crippen molar-refractivity contribution in [1.82, 2.24) is 14.5 Å². The number of thiophene rings is 1. The van der Waals surface area contributed by atoms with Gasteiger partial charge in [-0.2, -0.15) is 5.10 Å². The highest BCUT2D eigenvalue weighted by atomic mass is 32.2. The van der Waals surface area contributed by atoms with Gasteiger partial charge in [0.05, 0.1) is 29.2 Å². The standard InChI is InChI=1S/C20H22N4O5S2/c1-14-20(15(2)24(23-14)16-7-4-3-5-8-16)22-17(25)13-29-18(26)10-11-21-31(27,28)19-9-6-12-30-19/h3-9,12,21H,10-11,13H2,1-2H3,(H,22,25). The Hall–Kier alpha value is -3.02. The van der Waals surface area contributed by atoms with Crippen molar-refractivity contribution in [3.63, 3.8) is 0 Å². The molecule has 0 radical (unpaired) electrons. The Morgan fingerprint density at radius 1 is 1.13 bits per heavy atom. The normalized spacial score (nSPS) is 11.3. The van der Waals surface area contributed by atoms with E-state index in [0.717, 1.165) is 22.7 Å². The summed E-state index contributed by atoms with van der Waals surface area (Å²) in [6.07, 6.45) is -0.193. The summed E-state index contributed by atoms with van der Waals surface area (Å²) >= 11 is 1.08. The first-order valence-electron chi connectivity index (χ1n) is 9.38. The Labute approximate surface area is 184 Å². The summed E-state index contributed by atoms with van der Waals surface area (Å²) in [6.45, 7) is 3.00. The van der Waals surface area contributed by atoms with E-state index >= 15 is 0 Å². The van der Waals surface area contributed by atoms with Gasteiger partial charge in [0, 0.05) is 6.54 Å². The van der Waals surface area contributed by atoms with E-state index < -0.39 is 28.5 Å². The zero-order valence-corrected chi connectivity index (χ0v) is 18.6. The van der Waals surface area contributed by atoms with Crippen LogP contribution >= 0.6 is 11.3 Å². The predicted molar refractivity (Wildman–Crippen MR) is 117 cm³/mol. The predicted octanol–water partition coefficient (Wildman–Crippen LogP) is 2.40. The molecule has 31 heavy (non-hydrogen) atoms. The van der Waals surface area contributed by atoms with Gasteiger partial charge in [0.2, 0.25) is 10.0 Å². The lowest BCUT2D eigenvalue weighted by Crippen LogP contribution is -2.27. The average molecular weight is 463 g/mol. The molecule has 0 atom stereocenters. The molecule has 2 aromatic heterocycles. The van der Waals surface area contributed by atoms with Gasteiger partial charge >= 0.3 is 5.97 Å². The summed E-state index contributed by atoms with van der Waals surface area (Å²) in [4.78, 5) is 24.1. The Kier molecular flexibility index (Phi) is 7.21. The van der Waals surface area contributed by atoms with E-state index in [1.54, 1.807) is 23.1 Å². The molecule has 2 N–H and O–H groups in total. The molecule has 1 amide bonds. The van der Waals surface area contributed by atoms with Crippen molar-refractivity contribution in [2.45, 2.75) is 24.5 Å². The lowest BCUT2D eigenvalue weighted by Gasteiger charge is -2.08. The van der Waals surface area contributed by atoms with Gasteiger partial charge in [0.25, 0.3) is 5.91 Å². The Bertz CT molecular complexity index is 1160. The van der Waals surface area contributed by atoms with Crippen LogP contribution in [0.5, 0.6) is 0 Å². The van der Waals surface area contributed by atoms with Gasteiger partial charge in [0.15, 0.2) is 6.61 Å². The van der Waals surface area contributed by atoms with Gasteiger partial charge in [-0.05, 0) is 37.4 Å². The van der Waals surface area contributed by atoms with E-state index in [1.165, 1.54) is 6.07 Å². The van der Waals surface area contributed by atoms with Gasteiger partial charge in [-0.25, -0.2) is 17.8 Å². The number of ether oxygens (including phenoxy) is 1. The maximum atomic E-state index is 12.2. The largest absolute Gasteiger partial charge is 0.456 e. The number of nitrogens with zero attached hydrogens (tertiary/aromatic N) is 2. The molecule has 11 heteroatoms. The van der Waals surface area contributed by atoms with Crippen molar-refractivity contribution in [3.05, 3.63) is 59.2 Å². The third-order valence-corrected chi connectivity index (χ3v) is 7.16. The highest BCUT2D eigenvalue weighted by Crippen LogP contribution is 2.22. The molecule has 3 aromatic rings. The molecule has 0 fully saturated rings. The number of hydrogen-bond donors (Lipinski definition) is 2. The van der Waals surface area contributed by atoms with Crippen molar-refractivity contribution in [3.8, 4) is 5.69 Å². The van der Waals surface area contributed by atoms with Crippen molar-refractivity contribution in [2.75, 3.05) is 18.5 Å². The third-order valence-electron chi connectivity index (χ3n) is 4.30. The Morgan fingerprint density at radius 2 is 1.87 bits per heavy atom. The maximum absolute atomic E-state index is 12.2. The number of carbonyl (C=O) groups excluding carboxylic acids is 2. The number of para-hydroxylation sites is 1. The molecule has 0 spiro atoms. The van der Waals surface area contributed by atoms with Gasteiger partial charge < -0.3 is 10.1 Å². The molecular formula is C20H22N4O5S2. The molecule has 0 saturated carbocycles. The fourth-order valence-electron chi connectivity index (χ4n) is 2.81. The number of aryl methyl sites for hydroxylation is 1. The molecule has 1 aromatic carbocycles. The summed E-state index contributed by atoms with van der Waals surface area (Å²) in [5, 5.41) is 8.80.